The van der Waals surface area contributed by atoms with Gasteiger partial charge in [-0.2, -0.15) is 0 Å². The van der Waals surface area contributed by atoms with Crippen molar-refractivity contribution >= 4 is 23.6 Å². The summed E-state index contributed by atoms with van der Waals surface area (Å²) in [6.07, 6.45) is -0.340. The Balaban J connectivity index is 2.50. The van der Waals surface area contributed by atoms with E-state index in [0.29, 0.717) is 0 Å². The first-order valence-corrected chi connectivity index (χ1v) is 5.69. The van der Waals surface area contributed by atoms with E-state index in [4.69, 9.17) is 0 Å². The standard InChI is InChI=1S/C11H16N2O5/c1-3-18-10(16)4-8(14)5-13-6-9(15)12-11(17)7(13)2/h7H,3-6H2,1-2H3,(H,12,15,17). The third kappa shape index (κ3) is 3.92. The quantitative estimate of drug-likeness (QED) is 0.379. The van der Waals surface area contributed by atoms with Gasteiger partial charge in [-0.3, -0.25) is 29.4 Å². The van der Waals surface area contributed by atoms with Gasteiger partial charge in [0.2, 0.25) is 11.8 Å². The predicted molar refractivity (Wildman–Crippen MR) is 60.4 cm³/mol. The molecule has 1 unspecified atom stereocenters. The smallest absolute Gasteiger partial charge is 0.313 e. The van der Waals surface area contributed by atoms with Gasteiger partial charge < -0.3 is 4.74 Å². The Morgan fingerprint density at radius 1 is 1.44 bits per heavy atom. The van der Waals surface area contributed by atoms with Crippen LogP contribution < -0.4 is 5.32 Å². The van der Waals surface area contributed by atoms with Crippen molar-refractivity contribution < 1.29 is 23.9 Å². The third-order valence-electron chi connectivity index (χ3n) is 2.56. The molecule has 1 saturated heterocycles. The van der Waals surface area contributed by atoms with Crippen LogP contribution in [-0.4, -0.2) is 54.2 Å². The zero-order valence-electron chi connectivity index (χ0n) is 10.4. The number of imide groups is 1. The first-order valence-electron chi connectivity index (χ1n) is 5.69. The molecule has 1 rings (SSSR count). The summed E-state index contributed by atoms with van der Waals surface area (Å²) in [4.78, 5) is 46.6. The number of hydrogen-bond donors (Lipinski definition) is 1. The summed E-state index contributed by atoms with van der Waals surface area (Å²) in [6, 6.07) is -0.561. The van der Waals surface area contributed by atoms with E-state index in [0.717, 1.165) is 0 Å². The minimum Gasteiger partial charge on any atom is -0.466 e. The van der Waals surface area contributed by atoms with Crippen LogP contribution in [0.5, 0.6) is 0 Å². The molecule has 18 heavy (non-hydrogen) atoms. The lowest BCUT2D eigenvalue weighted by molar-refractivity contribution is -0.146. The van der Waals surface area contributed by atoms with Gasteiger partial charge in [-0.05, 0) is 13.8 Å². The molecular formula is C11H16N2O5. The van der Waals surface area contributed by atoms with Gasteiger partial charge in [-0.1, -0.05) is 0 Å². The maximum Gasteiger partial charge on any atom is 0.313 e. The first-order chi connectivity index (χ1) is 8.43. The Morgan fingerprint density at radius 3 is 2.72 bits per heavy atom. The van der Waals surface area contributed by atoms with E-state index in [2.05, 4.69) is 10.1 Å². The van der Waals surface area contributed by atoms with Gasteiger partial charge in [0, 0.05) is 0 Å². The fourth-order valence-electron chi connectivity index (χ4n) is 1.62. The molecular weight excluding hydrogens is 240 g/mol. The van der Waals surface area contributed by atoms with Gasteiger partial charge in [0.1, 0.15) is 6.42 Å². The molecule has 1 fully saturated rings. The minimum absolute atomic E-state index is 0.0263. The molecule has 0 aromatic rings. The summed E-state index contributed by atoms with van der Waals surface area (Å²) < 4.78 is 4.65. The van der Waals surface area contributed by atoms with Crippen molar-refractivity contribution in [1.82, 2.24) is 10.2 Å². The van der Waals surface area contributed by atoms with Crippen molar-refractivity contribution in [2.24, 2.45) is 0 Å². The van der Waals surface area contributed by atoms with E-state index in [-0.39, 0.29) is 31.9 Å². The summed E-state index contributed by atoms with van der Waals surface area (Å²) in [6.45, 7) is 3.32. The van der Waals surface area contributed by atoms with Crippen LogP contribution in [0.1, 0.15) is 20.3 Å². The van der Waals surface area contributed by atoms with Gasteiger partial charge in [0.05, 0.1) is 25.7 Å². The molecule has 0 bridgehead atoms. The topological polar surface area (TPSA) is 92.8 Å². The van der Waals surface area contributed by atoms with Crippen LogP contribution in [0.15, 0.2) is 0 Å². The molecule has 7 nitrogen and oxygen atoms in total. The molecule has 7 heteroatoms. The number of nitrogens with zero attached hydrogens (tertiary/aromatic N) is 1. The van der Waals surface area contributed by atoms with Crippen LogP contribution in [0.4, 0.5) is 0 Å². The summed E-state index contributed by atoms with van der Waals surface area (Å²) >= 11 is 0. The molecule has 1 aliphatic heterocycles. The molecule has 100 valence electrons. The van der Waals surface area contributed by atoms with Crippen molar-refractivity contribution in [2.75, 3.05) is 19.7 Å². The lowest BCUT2D eigenvalue weighted by Crippen LogP contribution is -2.57. The lowest BCUT2D eigenvalue weighted by Gasteiger charge is -2.30. The van der Waals surface area contributed by atoms with Crippen LogP contribution in [0.2, 0.25) is 0 Å². The summed E-state index contributed by atoms with van der Waals surface area (Å²) in [7, 11) is 0. The average molecular weight is 256 g/mol. The Labute approximate surface area is 104 Å². The highest BCUT2D eigenvalue weighted by atomic mass is 16.5. The number of carbonyl (C=O) groups is 4. The third-order valence-corrected chi connectivity index (χ3v) is 2.56. The normalized spacial score (nSPS) is 20.4. The van der Waals surface area contributed by atoms with Gasteiger partial charge in [-0.25, -0.2) is 0 Å². The average Bonchev–Trinajstić information content (AvgIpc) is 2.25. The first kappa shape index (κ1) is 14.3. The van der Waals surface area contributed by atoms with Crippen LogP contribution in [0.25, 0.3) is 0 Å². The number of piperazine rings is 1. The Kier molecular flexibility index (Phi) is 4.96. The number of hydrogen-bond acceptors (Lipinski definition) is 6. The minimum atomic E-state index is -0.594. The SMILES string of the molecule is CCOC(=O)CC(=O)CN1CC(=O)NC(=O)C1C. The fraction of sp³-hybridized carbons (Fsp3) is 0.636. The van der Waals surface area contributed by atoms with Gasteiger partial charge >= 0.3 is 5.97 Å². The molecule has 2 amide bonds. The largest absolute Gasteiger partial charge is 0.466 e. The number of esters is 1. The number of Topliss-reactive ketones (excluding diaryl/α,β-unsaturated/α-hetero) is 1. The van der Waals surface area contributed by atoms with Crippen molar-refractivity contribution in [1.29, 1.82) is 0 Å². The van der Waals surface area contributed by atoms with Gasteiger partial charge in [0.25, 0.3) is 0 Å². The molecule has 0 aromatic carbocycles. The molecule has 0 aliphatic carbocycles. The van der Waals surface area contributed by atoms with Crippen LogP contribution >= 0.6 is 0 Å². The van der Waals surface area contributed by atoms with Gasteiger partial charge in [0.15, 0.2) is 5.78 Å². The van der Waals surface area contributed by atoms with Crippen LogP contribution in [0, 0.1) is 0 Å². The van der Waals surface area contributed by atoms with Crippen molar-refractivity contribution in [3.63, 3.8) is 0 Å². The molecule has 0 aromatic heterocycles. The zero-order valence-corrected chi connectivity index (χ0v) is 10.4. The molecule has 1 N–H and O–H groups in total. The molecule has 1 atom stereocenters. The van der Waals surface area contributed by atoms with Crippen LogP contribution in [-0.2, 0) is 23.9 Å². The van der Waals surface area contributed by atoms with Crippen molar-refractivity contribution in [3.05, 3.63) is 0 Å². The van der Waals surface area contributed by atoms with Gasteiger partial charge in [-0.15, -0.1) is 0 Å². The second-order valence-corrected chi connectivity index (χ2v) is 4.01. The monoisotopic (exact) mass is 256 g/mol. The molecule has 1 heterocycles. The Bertz CT molecular complexity index is 380. The number of nitrogens with one attached hydrogen (secondary N) is 1. The molecule has 0 saturated carbocycles. The molecule has 0 spiro atoms. The second kappa shape index (κ2) is 6.25. The maximum atomic E-state index is 11.6. The van der Waals surface area contributed by atoms with E-state index in [1.165, 1.54) is 4.90 Å². The number of rotatable bonds is 5. The second-order valence-electron chi connectivity index (χ2n) is 4.01. The van der Waals surface area contributed by atoms with E-state index in [1.54, 1.807) is 13.8 Å². The predicted octanol–water partition coefficient (Wildman–Crippen LogP) is -1.14. The Morgan fingerprint density at radius 2 is 2.11 bits per heavy atom. The zero-order chi connectivity index (χ0) is 13.7. The number of amides is 2. The van der Waals surface area contributed by atoms with Crippen LogP contribution in [0.3, 0.4) is 0 Å². The summed E-state index contributed by atoms with van der Waals surface area (Å²) in [5.41, 5.74) is 0. The highest BCUT2D eigenvalue weighted by molar-refractivity contribution is 6.02. The highest BCUT2D eigenvalue weighted by Crippen LogP contribution is 2.05. The molecule has 0 radical (unpaired) electrons. The number of carbonyl (C=O) groups excluding carboxylic acids is 4. The van der Waals surface area contributed by atoms with E-state index in [9.17, 15) is 19.2 Å². The van der Waals surface area contributed by atoms with Crippen molar-refractivity contribution in [2.45, 2.75) is 26.3 Å². The van der Waals surface area contributed by atoms with E-state index in [1.807, 2.05) is 0 Å². The summed E-state index contributed by atoms with van der Waals surface area (Å²) in [5, 5.41) is 2.17. The number of ether oxygens (including phenoxy) is 1. The van der Waals surface area contributed by atoms with E-state index < -0.39 is 23.8 Å². The summed E-state index contributed by atoms with van der Waals surface area (Å²) in [5.74, 6) is -1.84. The Hall–Kier alpha value is -1.76. The maximum absolute atomic E-state index is 11.6. The van der Waals surface area contributed by atoms with E-state index >= 15 is 0 Å². The fourth-order valence-corrected chi connectivity index (χ4v) is 1.62. The molecule has 1 aliphatic rings. The lowest BCUT2D eigenvalue weighted by atomic mass is 10.1. The highest BCUT2D eigenvalue weighted by Gasteiger charge is 2.31. The number of ketones is 1. The van der Waals surface area contributed by atoms with Crippen molar-refractivity contribution in [3.8, 4) is 0 Å².